The number of hydrogen-bond donors (Lipinski definition) is 0. The van der Waals surface area contributed by atoms with Crippen LogP contribution in [0.3, 0.4) is 0 Å². The van der Waals surface area contributed by atoms with Crippen molar-refractivity contribution in [3.05, 3.63) is 23.8 Å². The van der Waals surface area contributed by atoms with Crippen LogP contribution in [0.25, 0.3) is 0 Å². The fourth-order valence-electron chi connectivity index (χ4n) is 1.96. The van der Waals surface area contributed by atoms with E-state index in [-0.39, 0.29) is 0 Å². The maximum Gasteiger partial charge on any atom is 0.341 e. The Labute approximate surface area is 134 Å². The predicted molar refractivity (Wildman–Crippen MR) is 84.2 cm³/mol. The summed E-state index contributed by atoms with van der Waals surface area (Å²) in [5, 5.41) is 0. The molecule has 0 aromatic heterocycles. The molecule has 1 aromatic rings. The van der Waals surface area contributed by atoms with E-state index < -0.39 is 11.8 Å². The third kappa shape index (κ3) is 4.71. The second kappa shape index (κ2) is 6.32. The first-order valence-corrected chi connectivity index (χ1v) is 11.7. The van der Waals surface area contributed by atoms with Gasteiger partial charge in [-0.15, -0.1) is 33.2 Å². The van der Waals surface area contributed by atoms with Crippen LogP contribution in [0.1, 0.15) is 25.8 Å². The monoisotopic (exact) mass is 354 g/mol. The van der Waals surface area contributed by atoms with Crippen LogP contribution in [0.2, 0.25) is 6.04 Å². The first-order chi connectivity index (χ1) is 9.27. The number of benzene rings is 1. The van der Waals surface area contributed by atoms with Gasteiger partial charge in [0.05, 0.1) is 6.61 Å². The molecule has 0 amide bonds. The molecule has 0 radical (unpaired) electrons. The van der Waals surface area contributed by atoms with Gasteiger partial charge in [-0.2, -0.15) is 0 Å². The van der Waals surface area contributed by atoms with Crippen molar-refractivity contribution in [1.82, 2.24) is 0 Å². The Balaban J connectivity index is 1.85. The highest BCUT2D eigenvalue weighted by Gasteiger charge is 2.33. The Morgan fingerprint density at radius 1 is 1.20 bits per heavy atom. The molecule has 0 bridgehead atoms. The normalized spacial score (nSPS) is 16.4. The molecule has 2 rings (SSSR count). The Morgan fingerprint density at radius 3 is 2.65 bits per heavy atom. The average molecular weight is 356 g/mol. The van der Waals surface area contributed by atoms with Crippen LogP contribution >= 0.6 is 33.2 Å². The van der Waals surface area contributed by atoms with Crippen LogP contribution in [0.4, 0.5) is 0 Å². The SMILES string of the molecule is CC1(C)Oc2cccc(COCCC[Si](Cl)(Cl)Cl)c2O1. The molecule has 112 valence electrons. The minimum atomic E-state index is -2.53. The number of hydrogen-bond acceptors (Lipinski definition) is 3. The van der Waals surface area contributed by atoms with Gasteiger partial charge in [0.15, 0.2) is 11.5 Å². The Morgan fingerprint density at radius 2 is 1.95 bits per heavy atom. The van der Waals surface area contributed by atoms with Gasteiger partial charge in [0.2, 0.25) is 5.79 Å². The molecule has 0 saturated heterocycles. The molecule has 0 spiro atoms. The average Bonchev–Trinajstić information content (AvgIpc) is 2.62. The summed E-state index contributed by atoms with van der Waals surface area (Å²) in [5.41, 5.74) is 0.971. The predicted octanol–water partition coefficient (Wildman–Crippen LogP) is 4.76. The summed E-state index contributed by atoms with van der Waals surface area (Å²) in [4.78, 5) is 0. The van der Waals surface area contributed by atoms with Gasteiger partial charge < -0.3 is 14.2 Å². The molecule has 1 aliphatic heterocycles. The van der Waals surface area contributed by atoms with Crippen molar-refractivity contribution >= 4 is 39.2 Å². The quantitative estimate of drug-likeness (QED) is 0.418. The third-order valence-corrected chi connectivity index (χ3v) is 5.39. The van der Waals surface area contributed by atoms with Crippen LogP contribution in [0.5, 0.6) is 11.5 Å². The molecule has 20 heavy (non-hydrogen) atoms. The van der Waals surface area contributed by atoms with Crippen LogP contribution in [-0.2, 0) is 11.3 Å². The molecule has 1 heterocycles. The summed E-state index contributed by atoms with van der Waals surface area (Å²) >= 11 is 17.4. The molecular formula is C13H17Cl3O3Si. The van der Waals surface area contributed by atoms with Crippen molar-refractivity contribution in [3.63, 3.8) is 0 Å². The zero-order valence-electron chi connectivity index (χ0n) is 11.4. The van der Waals surface area contributed by atoms with Crippen LogP contribution in [0.15, 0.2) is 18.2 Å². The van der Waals surface area contributed by atoms with Gasteiger partial charge in [-0.1, -0.05) is 12.1 Å². The van der Waals surface area contributed by atoms with E-state index in [0.717, 1.165) is 23.5 Å². The van der Waals surface area contributed by atoms with Crippen molar-refractivity contribution in [2.75, 3.05) is 6.61 Å². The maximum absolute atomic E-state index is 5.81. The van der Waals surface area contributed by atoms with E-state index in [9.17, 15) is 0 Å². The second-order valence-corrected chi connectivity index (χ2v) is 14.4. The van der Waals surface area contributed by atoms with E-state index in [4.69, 9.17) is 47.4 Å². The molecule has 0 atom stereocenters. The van der Waals surface area contributed by atoms with Crippen molar-refractivity contribution in [2.24, 2.45) is 0 Å². The van der Waals surface area contributed by atoms with Crippen LogP contribution in [0, 0.1) is 0 Å². The van der Waals surface area contributed by atoms with Crippen molar-refractivity contribution in [1.29, 1.82) is 0 Å². The standard InChI is InChI=1S/C13H17Cl3O3Si/c1-13(2)18-11-6-3-5-10(12(11)19-13)9-17-7-4-8-20(14,15)16/h3,5-6H,4,7-9H2,1-2H3. The summed E-state index contributed by atoms with van der Waals surface area (Å²) in [6.45, 7) is 4.78. The largest absolute Gasteiger partial charge is 0.449 e. The lowest BCUT2D eigenvalue weighted by molar-refractivity contribution is -0.0440. The van der Waals surface area contributed by atoms with E-state index in [1.807, 2.05) is 32.0 Å². The summed E-state index contributed by atoms with van der Waals surface area (Å²) in [7, 11) is 0. The molecular weight excluding hydrogens is 339 g/mol. The van der Waals surface area contributed by atoms with E-state index in [2.05, 4.69) is 0 Å². The summed E-state index contributed by atoms with van der Waals surface area (Å²) in [5.74, 6) is 0.887. The van der Waals surface area contributed by atoms with Crippen molar-refractivity contribution in [3.8, 4) is 11.5 Å². The number of para-hydroxylation sites is 1. The summed E-state index contributed by atoms with van der Waals surface area (Å²) < 4.78 is 17.1. The van der Waals surface area contributed by atoms with E-state index in [1.54, 1.807) is 0 Å². The van der Waals surface area contributed by atoms with Gasteiger partial charge in [-0.25, -0.2) is 0 Å². The lowest BCUT2D eigenvalue weighted by Crippen LogP contribution is -2.29. The minimum Gasteiger partial charge on any atom is -0.449 e. The number of halogens is 3. The molecule has 3 nitrogen and oxygen atoms in total. The molecule has 7 heteroatoms. The van der Waals surface area contributed by atoms with E-state index in [0.29, 0.717) is 19.3 Å². The second-order valence-electron chi connectivity index (χ2n) is 5.12. The van der Waals surface area contributed by atoms with Crippen LogP contribution in [-0.4, -0.2) is 18.4 Å². The summed E-state index contributed by atoms with van der Waals surface area (Å²) in [6, 6.07) is 3.86. The minimum absolute atomic E-state index is 0.462. The molecule has 0 unspecified atom stereocenters. The van der Waals surface area contributed by atoms with Crippen molar-refractivity contribution < 1.29 is 14.2 Å². The summed E-state index contributed by atoms with van der Waals surface area (Å²) in [6.07, 6.45) is 0.751. The zero-order valence-corrected chi connectivity index (χ0v) is 14.7. The molecule has 1 aromatic carbocycles. The van der Waals surface area contributed by atoms with Gasteiger partial charge in [-0.3, -0.25) is 0 Å². The Hall–Kier alpha value is -0.133. The number of rotatable bonds is 6. The Kier molecular flexibility index (Phi) is 5.13. The fraction of sp³-hybridized carbons (Fsp3) is 0.538. The highest BCUT2D eigenvalue weighted by Crippen LogP contribution is 2.41. The molecule has 1 aliphatic rings. The van der Waals surface area contributed by atoms with E-state index >= 15 is 0 Å². The molecule has 0 aliphatic carbocycles. The topological polar surface area (TPSA) is 27.7 Å². The Bertz CT molecular complexity index is 474. The van der Waals surface area contributed by atoms with Gasteiger partial charge >= 0.3 is 6.00 Å². The maximum atomic E-state index is 5.81. The smallest absolute Gasteiger partial charge is 0.341 e. The van der Waals surface area contributed by atoms with Gasteiger partial charge in [0.1, 0.15) is 0 Å². The van der Waals surface area contributed by atoms with Gasteiger partial charge in [0, 0.05) is 26.0 Å². The lowest BCUT2D eigenvalue weighted by atomic mass is 10.2. The molecule has 0 fully saturated rings. The fourth-order valence-corrected chi connectivity index (χ4v) is 3.71. The number of fused-ring (bicyclic) bond motifs is 1. The van der Waals surface area contributed by atoms with Gasteiger partial charge in [0.25, 0.3) is 0 Å². The van der Waals surface area contributed by atoms with Crippen LogP contribution < -0.4 is 9.47 Å². The number of ether oxygens (including phenoxy) is 3. The molecule has 0 N–H and O–H groups in total. The highest BCUT2D eigenvalue weighted by atomic mass is 35.8. The zero-order chi connectivity index (χ0) is 14.8. The van der Waals surface area contributed by atoms with Gasteiger partial charge in [-0.05, 0) is 18.5 Å². The lowest BCUT2D eigenvalue weighted by Gasteiger charge is -2.16. The highest BCUT2D eigenvalue weighted by molar-refractivity contribution is 7.64. The first kappa shape index (κ1) is 16.2. The van der Waals surface area contributed by atoms with E-state index in [1.165, 1.54) is 0 Å². The van der Waals surface area contributed by atoms with Crippen molar-refractivity contribution in [2.45, 2.75) is 38.7 Å². The molecule has 0 saturated carbocycles. The third-order valence-electron chi connectivity index (χ3n) is 2.77. The first-order valence-electron chi connectivity index (χ1n) is 6.41.